The fraction of sp³-hybridized carbons (Fsp3) is 0.278. The first-order valence-corrected chi connectivity index (χ1v) is 7.17. The highest BCUT2D eigenvalue weighted by molar-refractivity contribution is 5.53. The summed E-state index contributed by atoms with van der Waals surface area (Å²) in [5, 5.41) is 9.28. The molecule has 0 amide bonds. The SMILES string of the molecule is COc1ccc(N2C[C@@H](C#N)C[C@@H]2c2ccccc2)cc1. The van der Waals surface area contributed by atoms with Gasteiger partial charge in [0.2, 0.25) is 0 Å². The number of nitrogens with zero attached hydrogens (tertiary/aromatic N) is 2. The zero-order chi connectivity index (χ0) is 14.7. The Balaban J connectivity index is 1.92. The molecule has 0 unspecified atom stereocenters. The van der Waals surface area contributed by atoms with E-state index in [0.29, 0.717) is 0 Å². The maximum absolute atomic E-state index is 9.28. The van der Waals surface area contributed by atoms with Crippen molar-refractivity contribution in [1.82, 2.24) is 0 Å². The van der Waals surface area contributed by atoms with Crippen LogP contribution in [0.1, 0.15) is 18.0 Å². The zero-order valence-electron chi connectivity index (χ0n) is 12.1. The van der Waals surface area contributed by atoms with E-state index in [1.165, 1.54) is 5.56 Å². The van der Waals surface area contributed by atoms with E-state index in [1.807, 2.05) is 18.2 Å². The van der Waals surface area contributed by atoms with Gasteiger partial charge in [-0.15, -0.1) is 0 Å². The molecular formula is C18H18N2O. The van der Waals surface area contributed by atoms with Crippen LogP contribution in [0.2, 0.25) is 0 Å². The lowest BCUT2D eigenvalue weighted by Gasteiger charge is -2.27. The molecule has 3 rings (SSSR count). The lowest BCUT2D eigenvalue weighted by Crippen LogP contribution is -2.23. The number of hydrogen-bond donors (Lipinski definition) is 0. The van der Waals surface area contributed by atoms with Gasteiger partial charge in [-0.1, -0.05) is 30.3 Å². The maximum Gasteiger partial charge on any atom is 0.119 e. The third kappa shape index (κ3) is 2.71. The summed E-state index contributed by atoms with van der Waals surface area (Å²) in [6.45, 7) is 0.780. The molecule has 2 aromatic carbocycles. The second-order valence-corrected chi connectivity index (χ2v) is 5.34. The topological polar surface area (TPSA) is 36.3 Å². The van der Waals surface area contributed by atoms with Gasteiger partial charge in [-0.2, -0.15) is 5.26 Å². The van der Waals surface area contributed by atoms with Gasteiger partial charge in [0, 0.05) is 12.2 Å². The third-order valence-electron chi connectivity index (χ3n) is 4.07. The Hall–Kier alpha value is -2.47. The Morgan fingerprint density at radius 1 is 1.10 bits per heavy atom. The number of ether oxygens (including phenoxy) is 1. The van der Waals surface area contributed by atoms with Crippen molar-refractivity contribution in [2.24, 2.45) is 5.92 Å². The van der Waals surface area contributed by atoms with Gasteiger partial charge in [0.05, 0.1) is 25.1 Å². The van der Waals surface area contributed by atoms with Crippen molar-refractivity contribution in [3.63, 3.8) is 0 Å². The Kier molecular flexibility index (Phi) is 3.79. The Bertz CT molecular complexity index is 631. The van der Waals surface area contributed by atoms with E-state index in [0.717, 1.165) is 24.4 Å². The van der Waals surface area contributed by atoms with Gasteiger partial charge in [0.25, 0.3) is 0 Å². The van der Waals surface area contributed by atoms with Crippen molar-refractivity contribution >= 4 is 5.69 Å². The molecule has 3 nitrogen and oxygen atoms in total. The minimum Gasteiger partial charge on any atom is -0.497 e. The van der Waals surface area contributed by atoms with Gasteiger partial charge >= 0.3 is 0 Å². The van der Waals surface area contributed by atoms with E-state index in [1.54, 1.807) is 7.11 Å². The van der Waals surface area contributed by atoms with Gasteiger partial charge in [-0.25, -0.2) is 0 Å². The molecular weight excluding hydrogens is 260 g/mol. The van der Waals surface area contributed by atoms with Crippen LogP contribution in [-0.4, -0.2) is 13.7 Å². The molecule has 1 fully saturated rings. The van der Waals surface area contributed by atoms with E-state index in [4.69, 9.17) is 4.74 Å². The quantitative estimate of drug-likeness (QED) is 0.857. The molecule has 106 valence electrons. The van der Waals surface area contributed by atoms with Gasteiger partial charge < -0.3 is 9.64 Å². The molecule has 0 aromatic heterocycles. The highest BCUT2D eigenvalue weighted by atomic mass is 16.5. The monoisotopic (exact) mass is 278 g/mol. The summed E-state index contributed by atoms with van der Waals surface area (Å²) < 4.78 is 5.21. The summed E-state index contributed by atoms with van der Waals surface area (Å²) in [7, 11) is 1.67. The molecule has 3 heteroatoms. The van der Waals surface area contributed by atoms with Crippen LogP contribution in [-0.2, 0) is 0 Å². The predicted octanol–water partition coefficient (Wildman–Crippen LogP) is 3.79. The fourth-order valence-corrected chi connectivity index (χ4v) is 2.98. The van der Waals surface area contributed by atoms with Gasteiger partial charge in [0.1, 0.15) is 5.75 Å². The molecule has 1 heterocycles. The summed E-state index contributed by atoms with van der Waals surface area (Å²) in [6, 6.07) is 21.2. The van der Waals surface area contributed by atoms with Crippen molar-refractivity contribution in [1.29, 1.82) is 5.26 Å². The van der Waals surface area contributed by atoms with Crippen molar-refractivity contribution in [2.45, 2.75) is 12.5 Å². The number of nitriles is 1. The zero-order valence-corrected chi connectivity index (χ0v) is 12.1. The Labute approximate surface area is 125 Å². The number of hydrogen-bond acceptors (Lipinski definition) is 3. The van der Waals surface area contributed by atoms with E-state index in [2.05, 4.69) is 47.4 Å². The van der Waals surface area contributed by atoms with E-state index < -0.39 is 0 Å². The van der Waals surface area contributed by atoms with Crippen LogP contribution in [0, 0.1) is 17.2 Å². The minimum absolute atomic E-state index is 0.0808. The van der Waals surface area contributed by atoms with Crippen LogP contribution >= 0.6 is 0 Å². The summed E-state index contributed by atoms with van der Waals surface area (Å²) >= 11 is 0. The third-order valence-corrected chi connectivity index (χ3v) is 4.07. The molecule has 21 heavy (non-hydrogen) atoms. The van der Waals surface area contributed by atoms with Crippen LogP contribution in [0.15, 0.2) is 54.6 Å². The van der Waals surface area contributed by atoms with Crippen molar-refractivity contribution in [3.8, 4) is 11.8 Å². The first kappa shape index (κ1) is 13.5. The summed E-state index contributed by atoms with van der Waals surface area (Å²) in [6.07, 6.45) is 0.881. The van der Waals surface area contributed by atoms with Crippen LogP contribution in [0.3, 0.4) is 0 Å². The van der Waals surface area contributed by atoms with Crippen molar-refractivity contribution < 1.29 is 4.74 Å². The molecule has 0 N–H and O–H groups in total. The van der Waals surface area contributed by atoms with E-state index in [9.17, 15) is 5.26 Å². The van der Waals surface area contributed by atoms with Gasteiger partial charge in [-0.05, 0) is 36.2 Å². The highest BCUT2D eigenvalue weighted by Gasteiger charge is 2.33. The molecule has 2 atom stereocenters. The average molecular weight is 278 g/mol. The van der Waals surface area contributed by atoms with Crippen LogP contribution < -0.4 is 9.64 Å². The Morgan fingerprint density at radius 3 is 2.43 bits per heavy atom. The number of benzene rings is 2. The van der Waals surface area contributed by atoms with E-state index >= 15 is 0 Å². The normalized spacial score (nSPS) is 21.0. The predicted molar refractivity (Wildman–Crippen MR) is 83.2 cm³/mol. The average Bonchev–Trinajstić information content (AvgIpc) is 3.00. The lowest BCUT2D eigenvalue weighted by atomic mass is 10.0. The molecule has 1 aliphatic rings. The standard InChI is InChI=1S/C18H18N2O/c1-21-17-9-7-16(8-10-17)20-13-14(12-19)11-18(20)15-5-3-2-4-6-15/h2-10,14,18H,11,13H2,1H3/t14-,18-/m1/s1. The second-order valence-electron chi connectivity index (χ2n) is 5.34. The first-order valence-electron chi connectivity index (χ1n) is 7.17. The lowest BCUT2D eigenvalue weighted by molar-refractivity contribution is 0.415. The second kappa shape index (κ2) is 5.88. The minimum atomic E-state index is 0.0808. The van der Waals surface area contributed by atoms with Gasteiger partial charge in [-0.3, -0.25) is 0 Å². The first-order chi connectivity index (χ1) is 10.3. The largest absolute Gasteiger partial charge is 0.497 e. The molecule has 0 saturated carbocycles. The maximum atomic E-state index is 9.28. The molecule has 0 aliphatic carbocycles. The Morgan fingerprint density at radius 2 is 1.81 bits per heavy atom. The summed E-state index contributed by atoms with van der Waals surface area (Å²) in [5.41, 5.74) is 2.41. The molecule has 0 spiro atoms. The van der Waals surface area contributed by atoms with E-state index in [-0.39, 0.29) is 12.0 Å². The van der Waals surface area contributed by atoms with Crippen molar-refractivity contribution in [2.75, 3.05) is 18.6 Å². The highest BCUT2D eigenvalue weighted by Crippen LogP contribution is 2.39. The summed E-state index contributed by atoms with van der Waals surface area (Å²) in [5.74, 6) is 0.934. The van der Waals surface area contributed by atoms with Gasteiger partial charge in [0.15, 0.2) is 0 Å². The van der Waals surface area contributed by atoms with Crippen LogP contribution in [0.5, 0.6) is 5.75 Å². The van der Waals surface area contributed by atoms with Crippen LogP contribution in [0.25, 0.3) is 0 Å². The molecule has 2 aromatic rings. The number of anilines is 1. The van der Waals surface area contributed by atoms with Crippen LogP contribution in [0.4, 0.5) is 5.69 Å². The summed E-state index contributed by atoms with van der Waals surface area (Å²) in [4.78, 5) is 2.32. The smallest absolute Gasteiger partial charge is 0.119 e. The number of methoxy groups -OCH3 is 1. The molecule has 1 aliphatic heterocycles. The molecule has 1 saturated heterocycles. The fourth-order valence-electron chi connectivity index (χ4n) is 2.98. The number of rotatable bonds is 3. The molecule has 0 radical (unpaired) electrons. The van der Waals surface area contributed by atoms with Crippen molar-refractivity contribution in [3.05, 3.63) is 60.2 Å². The molecule has 0 bridgehead atoms.